The second-order valence-electron chi connectivity index (χ2n) is 3.41. The number of hydrogen-bond acceptors (Lipinski definition) is 3. The number of oxazole rings is 1. The third-order valence-corrected chi connectivity index (χ3v) is 1.98. The van der Waals surface area contributed by atoms with Crippen LogP contribution < -0.4 is 5.32 Å². The zero-order valence-corrected chi connectivity index (χ0v) is 8.47. The van der Waals surface area contributed by atoms with E-state index < -0.39 is 5.92 Å². The Morgan fingerprint density at radius 1 is 1.64 bits per heavy atom. The minimum atomic E-state index is -2.93. The van der Waals surface area contributed by atoms with Gasteiger partial charge in [-0.05, 0) is 14.0 Å². The van der Waals surface area contributed by atoms with Crippen molar-refractivity contribution in [3.8, 4) is 0 Å². The zero-order valence-electron chi connectivity index (χ0n) is 8.47. The van der Waals surface area contributed by atoms with Gasteiger partial charge >= 0.3 is 0 Å². The van der Waals surface area contributed by atoms with E-state index in [1.807, 2.05) is 6.92 Å². The summed E-state index contributed by atoms with van der Waals surface area (Å²) < 4.78 is 30.4. The van der Waals surface area contributed by atoms with Gasteiger partial charge < -0.3 is 9.73 Å². The summed E-state index contributed by atoms with van der Waals surface area (Å²) >= 11 is 0. The van der Waals surface area contributed by atoms with Crippen molar-refractivity contribution in [1.82, 2.24) is 10.3 Å². The highest BCUT2D eigenvalue weighted by Gasteiger charge is 2.28. The standard InChI is InChI=1S/C9H14F2N2O/c1-6(12-3)4-8-13-7(5-14-8)9(2,10)11/h5-6,12H,4H2,1-3H3. The number of rotatable bonds is 4. The molecular formula is C9H14F2N2O. The second-order valence-corrected chi connectivity index (χ2v) is 3.41. The average Bonchev–Trinajstić information content (AvgIpc) is 2.51. The van der Waals surface area contributed by atoms with E-state index in [1.54, 1.807) is 7.05 Å². The quantitative estimate of drug-likeness (QED) is 0.814. The van der Waals surface area contributed by atoms with Crippen molar-refractivity contribution >= 4 is 0 Å². The van der Waals surface area contributed by atoms with E-state index in [0.29, 0.717) is 12.3 Å². The lowest BCUT2D eigenvalue weighted by molar-refractivity contribution is 0.0126. The minimum absolute atomic E-state index is 0.159. The molecule has 0 aliphatic carbocycles. The van der Waals surface area contributed by atoms with Gasteiger partial charge in [-0.3, -0.25) is 0 Å². The summed E-state index contributed by atoms with van der Waals surface area (Å²) in [5.41, 5.74) is -0.309. The maximum atomic E-state index is 12.7. The Hall–Kier alpha value is -0.970. The fourth-order valence-electron chi connectivity index (χ4n) is 0.970. The Bertz CT molecular complexity index is 293. The SMILES string of the molecule is CNC(C)Cc1nc(C(C)(F)F)co1. The van der Waals surface area contributed by atoms with E-state index in [2.05, 4.69) is 10.3 Å². The van der Waals surface area contributed by atoms with E-state index in [9.17, 15) is 8.78 Å². The van der Waals surface area contributed by atoms with Crippen LogP contribution in [-0.2, 0) is 12.3 Å². The van der Waals surface area contributed by atoms with Gasteiger partial charge in [-0.15, -0.1) is 0 Å². The van der Waals surface area contributed by atoms with Gasteiger partial charge in [0.15, 0.2) is 5.89 Å². The summed E-state index contributed by atoms with van der Waals surface area (Å²) in [6.45, 7) is 2.73. The predicted molar refractivity (Wildman–Crippen MR) is 48.3 cm³/mol. The summed E-state index contributed by atoms with van der Waals surface area (Å²) in [7, 11) is 1.79. The Morgan fingerprint density at radius 2 is 2.29 bits per heavy atom. The van der Waals surface area contributed by atoms with Crippen LogP contribution in [-0.4, -0.2) is 18.1 Å². The fourth-order valence-corrected chi connectivity index (χ4v) is 0.970. The molecule has 0 aliphatic rings. The van der Waals surface area contributed by atoms with E-state index >= 15 is 0 Å². The zero-order chi connectivity index (χ0) is 10.8. The molecule has 0 amide bonds. The van der Waals surface area contributed by atoms with Crippen LogP contribution in [0.2, 0.25) is 0 Å². The number of hydrogen-bond donors (Lipinski definition) is 1. The highest BCUT2D eigenvalue weighted by molar-refractivity contribution is 5.03. The monoisotopic (exact) mass is 204 g/mol. The topological polar surface area (TPSA) is 38.1 Å². The number of likely N-dealkylation sites (N-methyl/N-ethyl adjacent to an activating group) is 1. The van der Waals surface area contributed by atoms with Crippen LogP contribution in [0, 0.1) is 0 Å². The van der Waals surface area contributed by atoms with Gasteiger partial charge in [0.05, 0.1) is 0 Å². The van der Waals surface area contributed by atoms with Gasteiger partial charge in [0, 0.05) is 19.4 Å². The first-order chi connectivity index (χ1) is 6.43. The van der Waals surface area contributed by atoms with Crippen molar-refractivity contribution in [2.75, 3.05) is 7.05 Å². The molecule has 1 rings (SSSR count). The van der Waals surface area contributed by atoms with E-state index in [0.717, 1.165) is 13.2 Å². The van der Waals surface area contributed by atoms with Gasteiger partial charge in [0.25, 0.3) is 5.92 Å². The molecule has 0 aliphatic heterocycles. The molecule has 0 spiro atoms. The Morgan fingerprint density at radius 3 is 2.71 bits per heavy atom. The van der Waals surface area contributed by atoms with Crippen molar-refractivity contribution in [1.29, 1.82) is 0 Å². The maximum Gasteiger partial charge on any atom is 0.290 e. The molecule has 0 saturated heterocycles. The Labute approximate surface area is 81.5 Å². The summed E-state index contributed by atoms with van der Waals surface area (Å²) in [6, 6.07) is 0.159. The molecule has 1 atom stereocenters. The van der Waals surface area contributed by atoms with Crippen LogP contribution in [0.5, 0.6) is 0 Å². The molecule has 0 aromatic carbocycles. The van der Waals surface area contributed by atoms with Gasteiger partial charge in [0.1, 0.15) is 12.0 Å². The van der Waals surface area contributed by atoms with E-state index in [4.69, 9.17) is 4.42 Å². The van der Waals surface area contributed by atoms with Gasteiger partial charge in [-0.25, -0.2) is 4.98 Å². The highest BCUT2D eigenvalue weighted by atomic mass is 19.3. The normalized spacial score (nSPS) is 14.4. The molecular weight excluding hydrogens is 190 g/mol. The van der Waals surface area contributed by atoms with Crippen LogP contribution in [0.15, 0.2) is 10.7 Å². The first-order valence-corrected chi connectivity index (χ1v) is 4.43. The summed E-state index contributed by atoms with van der Waals surface area (Å²) in [5.74, 6) is -2.59. The van der Waals surface area contributed by atoms with Crippen molar-refractivity contribution in [2.24, 2.45) is 0 Å². The summed E-state index contributed by atoms with van der Waals surface area (Å²) in [4.78, 5) is 3.71. The molecule has 14 heavy (non-hydrogen) atoms. The van der Waals surface area contributed by atoms with Gasteiger partial charge in [-0.2, -0.15) is 8.78 Å². The molecule has 1 aromatic rings. The molecule has 3 nitrogen and oxygen atoms in total. The molecule has 1 N–H and O–H groups in total. The second kappa shape index (κ2) is 4.04. The Balaban J connectivity index is 2.69. The molecule has 0 saturated carbocycles. The lowest BCUT2D eigenvalue weighted by atomic mass is 10.2. The molecule has 0 radical (unpaired) electrons. The van der Waals surface area contributed by atoms with Crippen molar-refractivity contribution in [2.45, 2.75) is 32.2 Å². The number of aromatic nitrogens is 1. The van der Waals surface area contributed by atoms with Crippen molar-refractivity contribution in [3.63, 3.8) is 0 Å². The average molecular weight is 204 g/mol. The molecule has 1 unspecified atom stereocenters. The van der Waals surface area contributed by atoms with Crippen LogP contribution in [0.3, 0.4) is 0 Å². The third kappa shape index (κ3) is 2.77. The highest BCUT2D eigenvalue weighted by Crippen LogP contribution is 2.25. The van der Waals surface area contributed by atoms with Gasteiger partial charge in [0.2, 0.25) is 0 Å². The summed E-state index contributed by atoms with van der Waals surface area (Å²) in [6.07, 6.45) is 1.52. The van der Waals surface area contributed by atoms with Crippen molar-refractivity contribution in [3.05, 3.63) is 17.8 Å². The minimum Gasteiger partial charge on any atom is -0.448 e. The number of halogens is 2. The largest absolute Gasteiger partial charge is 0.448 e. The van der Waals surface area contributed by atoms with E-state index in [1.165, 1.54) is 0 Å². The molecule has 0 bridgehead atoms. The number of nitrogens with one attached hydrogen (secondary N) is 1. The lowest BCUT2D eigenvalue weighted by Gasteiger charge is -2.06. The van der Waals surface area contributed by atoms with Crippen molar-refractivity contribution < 1.29 is 13.2 Å². The molecule has 0 fully saturated rings. The molecule has 5 heteroatoms. The maximum absolute atomic E-state index is 12.7. The smallest absolute Gasteiger partial charge is 0.290 e. The fraction of sp³-hybridized carbons (Fsp3) is 0.667. The molecule has 1 aromatic heterocycles. The number of nitrogens with zero attached hydrogens (tertiary/aromatic N) is 1. The first kappa shape index (κ1) is 11.1. The molecule has 80 valence electrons. The predicted octanol–water partition coefficient (Wildman–Crippen LogP) is 1.94. The first-order valence-electron chi connectivity index (χ1n) is 4.43. The Kier molecular flexibility index (Phi) is 3.21. The van der Waals surface area contributed by atoms with Crippen LogP contribution >= 0.6 is 0 Å². The lowest BCUT2D eigenvalue weighted by Crippen LogP contribution is -2.23. The van der Waals surface area contributed by atoms with Crippen LogP contribution in [0.1, 0.15) is 25.4 Å². The summed E-state index contributed by atoms with van der Waals surface area (Å²) in [5, 5.41) is 2.97. The van der Waals surface area contributed by atoms with E-state index in [-0.39, 0.29) is 11.7 Å². The van der Waals surface area contributed by atoms with Crippen LogP contribution in [0.4, 0.5) is 8.78 Å². The molecule has 1 heterocycles. The third-order valence-electron chi connectivity index (χ3n) is 1.98. The van der Waals surface area contributed by atoms with Crippen LogP contribution in [0.25, 0.3) is 0 Å². The van der Waals surface area contributed by atoms with Gasteiger partial charge in [-0.1, -0.05) is 0 Å². The number of alkyl halides is 2.